The van der Waals surface area contributed by atoms with Crippen molar-refractivity contribution in [1.29, 1.82) is 0 Å². The lowest BCUT2D eigenvalue weighted by Crippen LogP contribution is -2.34. The maximum Gasteiger partial charge on any atom is 0.224 e. The first-order valence-corrected chi connectivity index (χ1v) is 10.1. The third kappa shape index (κ3) is 5.43. The number of amides is 1. The van der Waals surface area contributed by atoms with Gasteiger partial charge in [-0.15, -0.1) is 0 Å². The molecule has 128 valence electrons. The lowest BCUT2D eigenvalue weighted by Gasteiger charge is -2.28. The van der Waals surface area contributed by atoms with Crippen molar-refractivity contribution in [3.8, 4) is 0 Å². The quantitative estimate of drug-likeness (QED) is 0.840. The number of rotatable bonds is 6. The Kier molecular flexibility index (Phi) is 6.78. The highest BCUT2D eigenvalue weighted by atomic mass is 32.2. The minimum absolute atomic E-state index is 0.0703. The predicted molar refractivity (Wildman–Crippen MR) is 97.0 cm³/mol. The molecule has 1 amide bonds. The molecule has 1 fully saturated rings. The average molecular weight is 337 g/mol. The second-order valence-electron chi connectivity index (χ2n) is 6.64. The molecule has 23 heavy (non-hydrogen) atoms. The van der Waals surface area contributed by atoms with Gasteiger partial charge in [-0.25, -0.2) is 0 Å². The molecule has 0 aliphatic carbocycles. The van der Waals surface area contributed by atoms with Gasteiger partial charge in [-0.1, -0.05) is 19.1 Å². The van der Waals surface area contributed by atoms with Gasteiger partial charge in [0.15, 0.2) is 0 Å². The second-order valence-corrected chi connectivity index (χ2v) is 8.08. The number of nitrogens with one attached hydrogen (secondary N) is 2. The summed E-state index contributed by atoms with van der Waals surface area (Å²) in [5.74, 6) is 1.57. The molecule has 5 heteroatoms. The van der Waals surface area contributed by atoms with E-state index >= 15 is 0 Å². The topological polar surface area (TPSA) is 58.2 Å². The number of carbonyl (C=O) groups is 1. The van der Waals surface area contributed by atoms with Gasteiger partial charge in [-0.3, -0.25) is 9.00 Å². The van der Waals surface area contributed by atoms with E-state index < -0.39 is 10.8 Å². The van der Waals surface area contributed by atoms with E-state index in [0.29, 0.717) is 24.0 Å². The van der Waals surface area contributed by atoms with E-state index in [9.17, 15) is 9.00 Å². The Morgan fingerprint density at radius 3 is 2.91 bits per heavy atom. The third-order valence-corrected chi connectivity index (χ3v) is 5.44. The monoisotopic (exact) mass is 336 g/mol. The Balaban J connectivity index is 1.95. The SMILES string of the molecule is Cc1c(CS(C)=O)cccc1NC(=O)CC(C)C1CCCNC1. The van der Waals surface area contributed by atoms with Gasteiger partial charge in [0, 0.05) is 34.9 Å². The molecule has 1 aromatic carbocycles. The summed E-state index contributed by atoms with van der Waals surface area (Å²) < 4.78 is 11.4. The second kappa shape index (κ2) is 8.60. The van der Waals surface area contributed by atoms with E-state index in [1.165, 1.54) is 12.8 Å². The molecule has 1 aliphatic heterocycles. The molecule has 0 saturated carbocycles. The molecule has 1 heterocycles. The average Bonchev–Trinajstić information content (AvgIpc) is 2.51. The zero-order valence-corrected chi connectivity index (χ0v) is 15.2. The molecule has 2 rings (SSSR count). The minimum Gasteiger partial charge on any atom is -0.326 e. The molecule has 0 aromatic heterocycles. The largest absolute Gasteiger partial charge is 0.326 e. The molecule has 0 bridgehead atoms. The first kappa shape index (κ1) is 18.1. The van der Waals surface area contributed by atoms with E-state index in [2.05, 4.69) is 17.6 Å². The molecular weight excluding hydrogens is 308 g/mol. The number of hydrogen-bond acceptors (Lipinski definition) is 3. The van der Waals surface area contributed by atoms with Gasteiger partial charge in [-0.2, -0.15) is 0 Å². The fraction of sp³-hybridized carbons (Fsp3) is 0.611. The molecule has 1 aromatic rings. The van der Waals surface area contributed by atoms with Crippen molar-refractivity contribution in [2.24, 2.45) is 11.8 Å². The smallest absolute Gasteiger partial charge is 0.224 e. The summed E-state index contributed by atoms with van der Waals surface area (Å²) in [5.41, 5.74) is 2.89. The van der Waals surface area contributed by atoms with Crippen LogP contribution in [0.5, 0.6) is 0 Å². The van der Waals surface area contributed by atoms with Gasteiger partial charge in [-0.05, 0) is 61.9 Å². The van der Waals surface area contributed by atoms with Crippen molar-refractivity contribution in [2.75, 3.05) is 24.7 Å². The van der Waals surface area contributed by atoms with E-state index in [1.54, 1.807) is 6.26 Å². The Bertz CT molecular complexity index is 568. The summed E-state index contributed by atoms with van der Waals surface area (Å²) in [5, 5.41) is 6.45. The number of carbonyl (C=O) groups excluding carboxylic acids is 1. The van der Waals surface area contributed by atoms with Crippen LogP contribution in [-0.4, -0.2) is 29.5 Å². The Morgan fingerprint density at radius 2 is 2.26 bits per heavy atom. The molecule has 3 unspecified atom stereocenters. The molecule has 0 spiro atoms. The summed E-state index contributed by atoms with van der Waals surface area (Å²) in [6.45, 7) is 6.26. The number of piperidine rings is 1. The van der Waals surface area contributed by atoms with Crippen LogP contribution in [0, 0.1) is 18.8 Å². The number of anilines is 1. The molecule has 2 N–H and O–H groups in total. The first-order valence-electron chi connectivity index (χ1n) is 8.36. The van der Waals surface area contributed by atoms with Gasteiger partial charge in [0.05, 0.1) is 0 Å². The minimum atomic E-state index is -0.880. The molecule has 3 atom stereocenters. The van der Waals surface area contributed by atoms with E-state index in [4.69, 9.17) is 0 Å². The lowest BCUT2D eigenvalue weighted by molar-refractivity contribution is -0.117. The summed E-state index contributed by atoms with van der Waals surface area (Å²) in [7, 11) is -0.880. The van der Waals surface area contributed by atoms with Crippen molar-refractivity contribution in [3.63, 3.8) is 0 Å². The predicted octanol–water partition coefficient (Wildman–Crippen LogP) is 2.84. The summed E-state index contributed by atoms with van der Waals surface area (Å²) in [6.07, 6.45) is 4.66. The summed E-state index contributed by atoms with van der Waals surface area (Å²) in [6, 6.07) is 5.81. The molecule has 1 saturated heterocycles. The van der Waals surface area contributed by atoms with Crippen molar-refractivity contribution in [1.82, 2.24) is 5.32 Å². The van der Waals surface area contributed by atoms with Gasteiger partial charge in [0.1, 0.15) is 0 Å². The highest BCUT2D eigenvalue weighted by Crippen LogP contribution is 2.24. The fourth-order valence-corrected chi connectivity index (χ4v) is 3.97. The molecular formula is C18H28N2O2S. The van der Waals surface area contributed by atoms with Crippen LogP contribution in [0.3, 0.4) is 0 Å². The highest BCUT2D eigenvalue weighted by Gasteiger charge is 2.22. The highest BCUT2D eigenvalue weighted by molar-refractivity contribution is 7.83. The third-order valence-electron chi connectivity index (χ3n) is 4.73. The van der Waals surface area contributed by atoms with E-state index in [0.717, 1.165) is 29.9 Å². The standard InChI is InChI=1S/C18H28N2O2S/c1-13(15-7-5-9-19-11-15)10-18(21)20-17-8-4-6-16(14(17)2)12-23(3)22/h4,6,8,13,15,19H,5,7,9-12H2,1-3H3,(H,20,21). The zero-order valence-electron chi connectivity index (χ0n) is 14.4. The van der Waals surface area contributed by atoms with E-state index in [-0.39, 0.29) is 5.91 Å². The van der Waals surface area contributed by atoms with E-state index in [1.807, 2.05) is 25.1 Å². The van der Waals surface area contributed by atoms with Crippen molar-refractivity contribution in [2.45, 2.75) is 38.9 Å². The number of benzene rings is 1. The van der Waals surface area contributed by atoms with Crippen LogP contribution in [0.25, 0.3) is 0 Å². The number of hydrogen-bond donors (Lipinski definition) is 2. The van der Waals surface area contributed by atoms with Crippen LogP contribution in [0.15, 0.2) is 18.2 Å². The summed E-state index contributed by atoms with van der Waals surface area (Å²) >= 11 is 0. The van der Waals surface area contributed by atoms with Crippen molar-refractivity contribution < 1.29 is 9.00 Å². The van der Waals surface area contributed by atoms with Crippen LogP contribution in [0.1, 0.15) is 37.3 Å². The van der Waals surface area contributed by atoms with Gasteiger partial charge in [0.25, 0.3) is 0 Å². The molecule has 0 radical (unpaired) electrons. The van der Waals surface area contributed by atoms with Crippen LogP contribution in [0.4, 0.5) is 5.69 Å². The maximum absolute atomic E-state index is 12.4. The van der Waals surface area contributed by atoms with Crippen LogP contribution in [-0.2, 0) is 21.3 Å². The Hall–Kier alpha value is -1.20. The van der Waals surface area contributed by atoms with Gasteiger partial charge >= 0.3 is 0 Å². The molecule has 4 nitrogen and oxygen atoms in total. The Labute approximate surface area is 141 Å². The Morgan fingerprint density at radius 1 is 1.48 bits per heavy atom. The normalized spacial score (nSPS) is 20.7. The van der Waals surface area contributed by atoms with Crippen LogP contribution in [0.2, 0.25) is 0 Å². The van der Waals surface area contributed by atoms with Crippen LogP contribution < -0.4 is 10.6 Å². The zero-order chi connectivity index (χ0) is 16.8. The van der Waals surface area contributed by atoms with Crippen molar-refractivity contribution in [3.05, 3.63) is 29.3 Å². The first-order chi connectivity index (χ1) is 11.0. The maximum atomic E-state index is 12.4. The van der Waals surface area contributed by atoms with Crippen LogP contribution >= 0.6 is 0 Å². The lowest BCUT2D eigenvalue weighted by atomic mass is 9.85. The van der Waals surface area contributed by atoms with Crippen molar-refractivity contribution >= 4 is 22.4 Å². The molecule has 1 aliphatic rings. The summed E-state index contributed by atoms with van der Waals surface area (Å²) in [4.78, 5) is 12.4. The van der Waals surface area contributed by atoms with Gasteiger partial charge < -0.3 is 10.6 Å². The fourth-order valence-electron chi connectivity index (χ4n) is 3.22. The van der Waals surface area contributed by atoms with Gasteiger partial charge in [0.2, 0.25) is 5.91 Å².